The summed E-state index contributed by atoms with van der Waals surface area (Å²) in [5, 5.41) is 0. The van der Waals surface area contributed by atoms with E-state index in [4.69, 9.17) is 0 Å². The Hall–Kier alpha value is -1.40. The lowest BCUT2D eigenvalue weighted by atomic mass is 10.3. The largest absolute Gasteiger partial charge is 0.325 e. The van der Waals surface area contributed by atoms with E-state index in [2.05, 4.69) is 21.9 Å². The van der Waals surface area contributed by atoms with E-state index in [-0.39, 0.29) is 5.69 Å². The maximum Gasteiger partial charge on any atom is 0.325 e. The van der Waals surface area contributed by atoms with Crippen molar-refractivity contribution in [1.82, 2.24) is 19.4 Å². The number of aromatic amines is 1. The van der Waals surface area contributed by atoms with Crippen molar-refractivity contribution in [3.05, 3.63) is 39.0 Å². The Balaban J connectivity index is 1.76. The second-order valence-electron chi connectivity index (χ2n) is 4.37. The van der Waals surface area contributed by atoms with Crippen LogP contribution in [0.5, 0.6) is 0 Å². The van der Waals surface area contributed by atoms with Gasteiger partial charge in [-0.1, -0.05) is 0 Å². The van der Waals surface area contributed by atoms with Crippen LogP contribution in [0.4, 0.5) is 0 Å². The van der Waals surface area contributed by atoms with Crippen LogP contribution in [0.15, 0.2) is 22.7 Å². The summed E-state index contributed by atoms with van der Waals surface area (Å²) in [5.41, 5.74) is 2.99. The molecular weight excluding hydrogens is 248 g/mol. The first-order chi connectivity index (χ1) is 8.66. The number of imidazole rings is 1. The molecule has 18 heavy (non-hydrogen) atoms. The zero-order valence-electron chi connectivity index (χ0n) is 10.7. The van der Waals surface area contributed by atoms with E-state index in [0.717, 1.165) is 31.7 Å². The van der Waals surface area contributed by atoms with Gasteiger partial charge in [-0.2, -0.15) is 0 Å². The van der Waals surface area contributed by atoms with Gasteiger partial charge < -0.3 is 9.88 Å². The average molecular weight is 266 g/mol. The fraction of sp³-hybridized carbons (Fsp3) is 0.500. The first-order valence-corrected chi connectivity index (χ1v) is 6.86. The lowest BCUT2D eigenvalue weighted by molar-refractivity contribution is 0.321. The van der Waals surface area contributed by atoms with Gasteiger partial charge >= 0.3 is 5.69 Å². The van der Waals surface area contributed by atoms with Crippen molar-refractivity contribution >= 4 is 11.3 Å². The summed E-state index contributed by atoms with van der Waals surface area (Å²) in [6, 6.07) is 0. The van der Waals surface area contributed by atoms with Gasteiger partial charge in [-0.05, 0) is 20.4 Å². The van der Waals surface area contributed by atoms with E-state index in [1.54, 1.807) is 28.3 Å². The molecule has 0 fully saturated rings. The number of nitrogens with zero attached hydrogens (tertiary/aromatic N) is 3. The third-order valence-electron chi connectivity index (χ3n) is 3.01. The van der Waals surface area contributed by atoms with Gasteiger partial charge in [0.1, 0.15) is 0 Å². The molecule has 2 rings (SSSR count). The Bertz CT molecular complexity index is 542. The monoisotopic (exact) mass is 266 g/mol. The molecule has 0 amide bonds. The van der Waals surface area contributed by atoms with E-state index in [1.165, 1.54) is 4.88 Å². The quantitative estimate of drug-likeness (QED) is 0.852. The second-order valence-corrected chi connectivity index (χ2v) is 5.31. The van der Waals surface area contributed by atoms with E-state index in [9.17, 15) is 4.79 Å². The van der Waals surface area contributed by atoms with Crippen molar-refractivity contribution in [2.75, 3.05) is 20.1 Å². The SMILES string of the molecule is Cc1ncsc1CCN(C)CCn1cc[nH]c1=O. The van der Waals surface area contributed by atoms with Crippen molar-refractivity contribution in [1.29, 1.82) is 0 Å². The highest BCUT2D eigenvalue weighted by molar-refractivity contribution is 7.09. The molecule has 0 aliphatic rings. The Morgan fingerprint density at radius 3 is 2.94 bits per heavy atom. The molecule has 98 valence electrons. The number of likely N-dealkylation sites (N-methyl/N-ethyl adjacent to an activating group) is 1. The number of hydrogen-bond donors (Lipinski definition) is 1. The summed E-state index contributed by atoms with van der Waals surface area (Å²) in [7, 11) is 2.08. The average Bonchev–Trinajstić information content (AvgIpc) is 2.93. The normalized spacial score (nSPS) is 11.3. The Kier molecular flexibility index (Phi) is 4.33. The molecule has 0 aliphatic heterocycles. The molecule has 0 atom stereocenters. The van der Waals surface area contributed by atoms with Gasteiger partial charge in [0.05, 0.1) is 11.2 Å². The van der Waals surface area contributed by atoms with E-state index in [0.29, 0.717) is 0 Å². The third-order valence-corrected chi connectivity index (χ3v) is 4.01. The van der Waals surface area contributed by atoms with Crippen LogP contribution in [0.25, 0.3) is 0 Å². The van der Waals surface area contributed by atoms with Crippen LogP contribution in [0, 0.1) is 6.92 Å². The summed E-state index contributed by atoms with van der Waals surface area (Å²) >= 11 is 1.71. The van der Waals surface area contributed by atoms with Gasteiger partial charge in [0, 0.05) is 36.9 Å². The van der Waals surface area contributed by atoms with Crippen LogP contribution in [0.2, 0.25) is 0 Å². The summed E-state index contributed by atoms with van der Waals surface area (Å²) in [4.78, 5) is 21.8. The fourth-order valence-corrected chi connectivity index (χ4v) is 2.54. The number of hydrogen-bond acceptors (Lipinski definition) is 4. The Morgan fingerprint density at radius 1 is 1.50 bits per heavy atom. The highest BCUT2D eigenvalue weighted by Gasteiger charge is 2.04. The highest BCUT2D eigenvalue weighted by atomic mass is 32.1. The highest BCUT2D eigenvalue weighted by Crippen LogP contribution is 2.12. The van der Waals surface area contributed by atoms with Gasteiger partial charge in [-0.3, -0.25) is 4.57 Å². The van der Waals surface area contributed by atoms with E-state index in [1.807, 2.05) is 12.4 Å². The van der Waals surface area contributed by atoms with Gasteiger partial charge in [-0.15, -0.1) is 11.3 Å². The third kappa shape index (κ3) is 3.30. The minimum Gasteiger partial charge on any atom is -0.313 e. The second kappa shape index (κ2) is 5.97. The summed E-state index contributed by atoms with van der Waals surface area (Å²) in [6.45, 7) is 4.63. The molecule has 0 aliphatic carbocycles. The summed E-state index contributed by atoms with van der Waals surface area (Å²) in [6.07, 6.45) is 4.47. The molecule has 0 unspecified atom stereocenters. The molecule has 2 aromatic heterocycles. The van der Waals surface area contributed by atoms with Crippen LogP contribution >= 0.6 is 11.3 Å². The van der Waals surface area contributed by atoms with Crippen LogP contribution in [0.3, 0.4) is 0 Å². The minimum atomic E-state index is -0.0401. The molecule has 1 N–H and O–H groups in total. The maximum absolute atomic E-state index is 11.3. The molecule has 0 saturated carbocycles. The predicted octanol–water partition coefficient (Wildman–Crippen LogP) is 1.12. The van der Waals surface area contributed by atoms with Crippen molar-refractivity contribution in [3.63, 3.8) is 0 Å². The number of thiazole rings is 1. The van der Waals surface area contributed by atoms with Gasteiger partial charge in [0.15, 0.2) is 0 Å². The van der Waals surface area contributed by atoms with Crippen molar-refractivity contribution < 1.29 is 0 Å². The first-order valence-electron chi connectivity index (χ1n) is 5.98. The van der Waals surface area contributed by atoms with Crippen molar-refractivity contribution in [2.45, 2.75) is 19.9 Å². The molecule has 5 nitrogen and oxygen atoms in total. The molecule has 0 bridgehead atoms. The zero-order valence-corrected chi connectivity index (χ0v) is 11.5. The van der Waals surface area contributed by atoms with E-state index >= 15 is 0 Å². The summed E-state index contributed by atoms with van der Waals surface area (Å²) < 4.78 is 1.69. The van der Waals surface area contributed by atoms with Crippen LogP contribution in [0.1, 0.15) is 10.6 Å². The number of aryl methyl sites for hydroxylation is 1. The smallest absolute Gasteiger partial charge is 0.313 e. The van der Waals surface area contributed by atoms with Gasteiger partial charge in [0.25, 0.3) is 0 Å². The molecule has 6 heteroatoms. The first kappa shape index (κ1) is 13.0. The number of H-pyrrole nitrogens is 1. The van der Waals surface area contributed by atoms with Crippen LogP contribution in [-0.2, 0) is 13.0 Å². The van der Waals surface area contributed by atoms with E-state index < -0.39 is 0 Å². The number of aromatic nitrogens is 3. The van der Waals surface area contributed by atoms with Crippen molar-refractivity contribution in [3.8, 4) is 0 Å². The number of nitrogens with one attached hydrogen (secondary N) is 1. The molecule has 0 aromatic carbocycles. The molecule has 2 heterocycles. The lowest BCUT2D eigenvalue weighted by Crippen LogP contribution is -2.28. The molecule has 0 radical (unpaired) electrons. The molecule has 2 aromatic rings. The Labute approximate surface area is 110 Å². The van der Waals surface area contributed by atoms with Crippen LogP contribution in [-0.4, -0.2) is 39.6 Å². The summed E-state index contributed by atoms with van der Waals surface area (Å²) in [5.74, 6) is 0. The maximum atomic E-state index is 11.3. The zero-order chi connectivity index (χ0) is 13.0. The lowest BCUT2D eigenvalue weighted by Gasteiger charge is -2.16. The topological polar surface area (TPSA) is 53.9 Å². The standard InChI is InChI=1S/C12H18N4OS/c1-10-11(18-9-14-10)3-5-15(2)7-8-16-6-4-13-12(16)17/h4,6,9H,3,5,7-8H2,1-2H3,(H,13,17). The fourth-order valence-electron chi connectivity index (χ4n) is 1.77. The van der Waals surface area contributed by atoms with Gasteiger partial charge in [-0.25, -0.2) is 9.78 Å². The minimum absolute atomic E-state index is 0.0401. The van der Waals surface area contributed by atoms with Crippen LogP contribution < -0.4 is 5.69 Å². The molecule has 0 spiro atoms. The molecular formula is C12H18N4OS. The van der Waals surface area contributed by atoms with Crippen molar-refractivity contribution in [2.24, 2.45) is 0 Å². The predicted molar refractivity (Wildman–Crippen MR) is 73.1 cm³/mol. The number of rotatable bonds is 6. The molecule has 0 saturated heterocycles. The van der Waals surface area contributed by atoms with Gasteiger partial charge in [0.2, 0.25) is 0 Å². The Morgan fingerprint density at radius 2 is 2.33 bits per heavy atom.